The topological polar surface area (TPSA) is 47.3 Å². The summed E-state index contributed by atoms with van der Waals surface area (Å²) in [5, 5.41) is 12.5. The number of ether oxygens (including phenoxy) is 1. The van der Waals surface area contributed by atoms with Crippen LogP contribution >= 0.6 is 0 Å². The van der Waals surface area contributed by atoms with Crippen LogP contribution in [0.5, 0.6) is 0 Å². The summed E-state index contributed by atoms with van der Waals surface area (Å²) in [4.78, 5) is 0. The summed E-state index contributed by atoms with van der Waals surface area (Å²) in [7, 11) is 0.756. The van der Waals surface area contributed by atoms with Crippen molar-refractivity contribution in [3.05, 3.63) is 17.0 Å². The quantitative estimate of drug-likeness (QED) is 0.830. The van der Waals surface area contributed by atoms with Crippen molar-refractivity contribution in [2.45, 2.75) is 49.9 Å². The molecule has 1 N–H and O–H groups in total. The average molecular weight is 368 g/mol. The highest BCUT2D eigenvalue weighted by Crippen LogP contribution is 2.48. The molecule has 0 fully saturated rings. The highest BCUT2D eigenvalue weighted by molar-refractivity contribution is 5.38. The third-order valence-corrected chi connectivity index (χ3v) is 3.69. The average Bonchev–Trinajstić information content (AvgIpc) is 2.92. The number of halogens is 8. The third kappa shape index (κ3) is 3.21. The second-order valence-electron chi connectivity index (χ2n) is 5.21. The first-order valence-electron chi connectivity index (χ1n) is 6.63. The summed E-state index contributed by atoms with van der Waals surface area (Å²) in [6.45, 7) is -0.795. The first-order chi connectivity index (χ1) is 10.9. The van der Waals surface area contributed by atoms with E-state index in [-0.39, 0.29) is 0 Å². The number of aryl methyl sites for hydroxylation is 1. The van der Waals surface area contributed by atoms with Gasteiger partial charge in [0.2, 0.25) is 0 Å². The van der Waals surface area contributed by atoms with E-state index in [2.05, 4.69) is 9.84 Å². The van der Waals surface area contributed by atoms with E-state index in [1.807, 2.05) is 0 Å². The van der Waals surface area contributed by atoms with Crippen LogP contribution in [0.4, 0.5) is 35.1 Å². The van der Waals surface area contributed by atoms with Crippen LogP contribution < -0.4 is 0 Å². The number of fused-ring (bicyclic) bond motifs is 1. The minimum atomic E-state index is -5.12. The van der Waals surface area contributed by atoms with E-state index in [0.717, 1.165) is 7.11 Å². The zero-order chi connectivity index (χ0) is 18.4. The fourth-order valence-electron chi connectivity index (χ4n) is 2.58. The summed E-state index contributed by atoms with van der Waals surface area (Å²) >= 11 is 0. The van der Waals surface area contributed by atoms with Crippen molar-refractivity contribution in [1.29, 1.82) is 0 Å². The molecule has 138 valence electrons. The van der Waals surface area contributed by atoms with Gasteiger partial charge in [-0.2, -0.15) is 31.4 Å². The van der Waals surface area contributed by atoms with Crippen LogP contribution in [-0.2, 0) is 17.5 Å². The van der Waals surface area contributed by atoms with Gasteiger partial charge in [0.25, 0.3) is 0 Å². The minimum Gasteiger partial charge on any atom is -0.385 e. The summed E-state index contributed by atoms with van der Waals surface area (Å²) in [5.74, 6) is 0. The zero-order valence-electron chi connectivity index (χ0n) is 12.0. The van der Waals surface area contributed by atoms with Gasteiger partial charge in [0, 0.05) is 25.6 Å². The van der Waals surface area contributed by atoms with E-state index < -0.39 is 66.8 Å². The Morgan fingerprint density at radius 3 is 2.25 bits per heavy atom. The van der Waals surface area contributed by atoms with Gasteiger partial charge in [0.15, 0.2) is 24.1 Å². The molecule has 1 aliphatic carbocycles. The van der Waals surface area contributed by atoms with Crippen LogP contribution in [0.25, 0.3) is 0 Å². The first-order valence-corrected chi connectivity index (χ1v) is 6.63. The van der Waals surface area contributed by atoms with E-state index in [4.69, 9.17) is 0 Å². The summed E-state index contributed by atoms with van der Waals surface area (Å²) < 4.78 is 108. The lowest BCUT2D eigenvalue weighted by atomic mass is 10.1. The largest absolute Gasteiger partial charge is 0.435 e. The molecular formula is C12H12F8N2O2. The predicted molar refractivity (Wildman–Crippen MR) is 62.4 cm³/mol. The van der Waals surface area contributed by atoms with Crippen molar-refractivity contribution < 1.29 is 45.0 Å². The molecule has 0 unspecified atom stereocenters. The van der Waals surface area contributed by atoms with Crippen molar-refractivity contribution in [3.63, 3.8) is 0 Å². The first kappa shape index (κ1) is 18.9. The summed E-state index contributed by atoms with van der Waals surface area (Å²) in [5.41, 5.74) is -3.70. The lowest BCUT2D eigenvalue weighted by molar-refractivity contribution is -0.215. The molecule has 0 radical (unpaired) electrons. The van der Waals surface area contributed by atoms with Gasteiger partial charge in [-0.3, -0.25) is 4.68 Å². The van der Waals surface area contributed by atoms with Crippen LogP contribution in [0.15, 0.2) is 0 Å². The SMILES string of the molecule is CO[C@H](CCn1nc(C(F)(F)F)c2c1[C@@H](F)[C@@H](F)[C@H]2O)C(F)(F)F. The van der Waals surface area contributed by atoms with Crippen LogP contribution in [-0.4, -0.2) is 40.4 Å². The minimum absolute atomic E-state index is 0.309. The van der Waals surface area contributed by atoms with Gasteiger partial charge in [-0.05, 0) is 0 Å². The molecule has 24 heavy (non-hydrogen) atoms. The second kappa shape index (κ2) is 6.14. The van der Waals surface area contributed by atoms with E-state index in [1.54, 1.807) is 0 Å². The number of alkyl halides is 8. The maximum atomic E-state index is 13.8. The molecule has 0 spiro atoms. The Balaban J connectivity index is 2.37. The normalized spacial score (nSPS) is 25.8. The van der Waals surface area contributed by atoms with Gasteiger partial charge in [0.1, 0.15) is 6.10 Å². The second-order valence-corrected chi connectivity index (χ2v) is 5.21. The molecule has 0 bridgehead atoms. The Morgan fingerprint density at radius 1 is 1.21 bits per heavy atom. The van der Waals surface area contributed by atoms with E-state index >= 15 is 0 Å². The molecule has 1 aliphatic rings. The predicted octanol–water partition coefficient (Wildman–Crippen LogP) is 3.27. The number of nitrogens with zero attached hydrogens (tertiary/aromatic N) is 2. The van der Waals surface area contributed by atoms with Crippen LogP contribution in [0, 0.1) is 0 Å². The van der Waals surface area contributed by atoms with Gasteiger partial charge >= 0.3 is 12.4 Å². The van der Waals surface area contributed by atoms with Gasteiger partial charge in [-0.15, -0.1) is 0 Å². The highest BCUT2D eigenvalue weighted by atomic mass is 19.4. The Morgan fingerprint density at radius 2 is 1.79 bits per heavy atom. The van der Waals surface area contributed by atoms with Crippen LogP contribution in [0.1, 0.15) is 35.6 Å². The number of aliphatic hydroxyl groups excluding tert-OH is 1. The fourth-order valence-corrected chi connectivity index (χ4v) is 2.58. The molecule has 0 aliphatic heterocycles. The van der Waals surface area contributed by atoms with E-state index in [9.17, 15) is 40.2 Å². The Kier molecular flexibility index (Phi) is 4.83. The third-order valence-electron chi connectivity index (χ3n) is 3.69. The van der Waals surface area contributed by atoms with Crippen molar-refractivity contribution in [1.82, 2.24) is 9.78 Å². The molecule has 2 rings (SSSR count). The lowest BCUT2D eigenvalue weighted by Crippen LogP contribution is -2.32. The lowest BCUT2D eigenvalue weighted by Gasteiger charge is -2.19. The molecule has 0 saturated heterocycles. The molecule has 1 aromatic rings. The monoisotopic (exact) mass is 368 g/mol. The Bertz CT molecular complexity index is 597. The molecule has 12 heteroatoms. The van der Waals surface area contributed by atoms with Crippen molar-refractivity contribution in [3.8, 4) is 0 Å². The fraction of sp³-hybridized carbons (Fsp3) is 0.750. The van der Waals surface area contributed by atoms with Gasteiger partial charge < -0.3 is 9.84 Å². The number of hydrogen-bond donors (Lipinski definition) is 1. The van der Waals surface area contributed by atoms with E-state index in [0.29, 0.717) is 4.68 Å². The zero-order valence-corrected chi connectivity index (χ0v) is 12.0. The van der Waals surface area contributed by atoms with E-state index in [1.165, 1.54) is 0 Å². The number of rotatable bonds is 4. The maximum absolute atomic E-state index is 13.8. The summed E-state index contributed by atoms with van der Waals surface area (Å²) in [6, 6.07) is 0. The van der Waals surface area contributed by atoms with Crippen LogP contribution in [0.3, 0.4) is 0 Å². The molecule has 1 heterocycles. The standard InChI is InChI=1S/C12H12F8N2O2/c1-24-4(11(15,16)17)2-3-22-8-5(9(23)7(14)6(8)13)10(21-22)12(18,19)20/h4,6-7,9,23H,2-3H2,1H3/t4-,6+,7-,9+/m1/s1. The van der Waals surface area contributed by atoms with Crippen molar-refractivity contribution in [2.75, 3.05) is 7.11 Å². The van der Waals surface area contributed by atoms with Gasteiger partial charge in [-0.1, -0.05) is 0 Å². The molecule has 0 aromatic carbocycles. The number of aliphatic hydroxyl groups is 1. The van der Waals surface area contributed by atoms with Gasteiger partial charge in [0.05, 0.1) is 5.69 Å². The van der Waals surface area contributed by atoms with Gasteiger partial charge in [-0.25, -0.2) is 8.78 Å². The smallest absolute Gasteiger partial charge is 0.385 e. The highest BCUT2D eigenvalue weighted by Gasteiger charge is 2.51. The number of hydrogen-bond acceptors (Lipinski definition) is 3. The summed E-state index contributed by atoms with van der Waals surface area (Å²) in [6.07, 6.45) is -20.7. The molecule has 0 amide bonds. The Labute approximate surface area is 130 Å². The molecule has 0 saturated carbocycles. The number of aromatic nitrogens is 2. The molecule has 4 atom stereocenters. The van der Waals surface area contributed by atoms with Crippen molar-refractivity contribution >= 4 is 0 Å². The Hall–Kier alpha value is -1.43. The van der Waals surface area contributed by atoms with Crippen LogP contribution in [0.2, 0.25) is 0 Å². The maximum Gasteiger partial charge on any atom is 0.435 e. The van der Waals surface area contributed by atoms with Crippen molar-refractivity contribution in [2.24, 2.45) is 0 Å². The number of methoxy groups -OCH3 is 1. The molecular weight excluding hydrogens is 356 g/mol. The molecule has 1 aromatic heterocycles. The molecule has 4 nitrogen and oxygen atoms in total.